The Morgan fingerprint density at radius 2 is 1.91 bits per heavy atom. The topological polar surface area (TPSA) is 12.0 Å². The fraction of sp³-hybridized carbons (Fsp3) is 1.00. The van der Waals surface area contributed by atoms with E-state index in [1.807, 2.05) is 0 Å². The molecule has 1 aliphatic carbocycles. The van der Waals surface area contributed by atoms with E-state index >= 15 is 0 Å². The maximum Gasteiger partial charge on any atom is 0.0336 e. The highest BCUT2D eigenvalue weighted by Crippen LogP contribution is 2.26. The molecule has 0 atom stereocenters. The number of nitrogens with one attached hydrogen (secondary N) is 1. The van der Waals surface area contributed by atoms with Gasteiger partial charge in [0, 0.05) is 5.38 Å². The lowest BCUT2D eigenvalue weighted by atomic mass is 9.89. The van der Waals surface area contributed by atoms with Gasteiger partial charge < -0.3 is 5.32 Å². The molecule has 0 amide bonds. The molecule has 0 heterocycles. The molecule has 0 aliphatic heterocycles. The Balaban J connectivity index is 2.07. The molecule has 1 fully saturated rings. The summed E-state index contributed by atoms with van der Waals surface area (Å²) in [6.45, 7) is 4.45. The molecule has 0 bridgehead atoms. The van der Waals surface area contributed by atoms with E-state index in [-0.39, 0.29) is 0 Å². The zero-order chi connectivity index (χ0) is 8.10. The van der Waals surface area contributed by atoms with Crippen molar-refractivity contribution in [3.63, 3.8) is 0 Å². The molecule has 1 rings (SSSR count). The van der Waals surface area contributed by atoms with E-state index in [1.165, 1.54) is 32.2 Å². The van der Waals surface area contributed by atoms with Crippen LogP contribution in [0.15, 0.2) is 0 Å². The Kier molecular flexibility index (Phi) is 4.24. The van der Waals surface area contributed by atoms with E-state index in [0.29, 0.717) is 5.38 Å². The minimum atomic E-state index is 0.466. The molecule has 1 nitrogen and oxygen atoms in total. The fourth-order valence-corrected chi connectivity index (χ4v) is 1.93. The molecular formula is C9H18ClN. The fourth-order valence-electron chi connectivity index (χ4n) is 1.67. The highest BCUT2D eigenvalue weighted by atomic mass is 35.5. The minimum absolute atomic E-state index is 0.466. The van der Waals surface area contributed by atoms with Gasteiger partial charge in [0.15, 0.2) is 0 Å². The van der Waals surface area contributed by atoms with Crippen molar-refractivity contribution >= 4 is 11.6 Å². The van der Waals surface area contributed by atoms with Gasteiger partial charge in [0.2, 0.25) is 0 Å². The van der Waals surface area contributed by atoms with Crippen molar-refractivity contribution in [1.29, 1.82) is 0 Å². The quantitative estimate of drug-likeness (QED) is 0.650. The molecule has 0 unspecified atom stereocenters. The Morgan fingerprint density at radius 1 is 1.27 bits per heavy atom. The standard InChI is InChI=1S/C9H18ClN/c1-2-11-7-8-3-5-9(10)6-4-8/h8-9,11H,2-7H2,1H3. The van der Waals surface area contributed by atoms with E-state index < -0.39 is 0 Å². The van der Waals surface area contributed by atoms with Crippen LogP contribution >= 0.6 is 11.6 Å². The normalized spacial score (nSPS) is 32.2. The van der Waals surface area contributed by atoms with Crippen molar-refractivity contribution in [2.75, 3.05) is 13.1 Å². The Labute approximate surface area is 74.5 Å². The second-order valence-corrected chi connectivity index (χ2v) is 4.04. The average Bonchev–Trinajstić information content (AvgIpc) is 2.04. The Bertz CT molecular complexity index is 95.0. The Hall–Kier alpha value is 0.250. The predicted octanol–water partition coefficient (Wildman–Crippen LogP) is 2.39. The summed E-state index contributed by atoms with van der Waals surface area (Å²) in [5.74, 6) is 0.893. The zero-order valence-electron chi connectivity index (χ0n) is 7.28. The van der Waals surface area contributed by atoms with Crippen LogP contribution in [0.4, 0.5) is 0 Å². The Morgan fingerprint density at radius 3 is 2.45 bits per heavy atom. The molecule has 0 aromatic rings. The van der Waals surface area contributed by atoms with Crippen molar-refractivity contribution in [1.82, 2.24) is 5.32 Å². The maximum absolute atomic E-state index is 6.00. The second-order valence-electron chi connectivity index (χ2n) is 3.43. The summed E-state index contributed by atoms with van der Waals surface area (Å²) in [4.78, 5) is 0. The second kappa shape index (κ2) is 5.00. The highest BCUT2D eigenvalue weighted by Gasteiger charge is 2.18. The molecular weight excluding hydrogens is 158 g/mol. The summed E-state index contributed by atoms with van der Waals surface area (Å²) in [6, 6.07) is 0. The van der Waals surface area contributed by atoms with Crippen molar-refractivity contribution < 1.29 is 0 Å². The first-order valence-corrected chi connectivity index (χ1v) is 5.11. The van der Waals surface area contributed by atoms with Gasteiger partial charge >= 0.3 is 0 Å². The van der Waals surface area contributed by atoms with Crippen LogP contribution in [0.2, 0.25) is 0 Å². The molecule has 2 heteroatoms. The van der Waals surface area contributed by atoms with Gasteiger partial charge in [-0.25, -0.2) is 0 Å². The van der Waals surface area contributed by atoms with Crippen LogP contribution in [0.25, 0.3) is 0 Å². The number of hydrogen-bond donors (Lipinski definition) is 1. The molecule has 0 saturated heterocycles. The molecule has 0 radical (unpaired) electrons. The third-order valence-electron chi connectivity index (χ3n) is 2.46. The maximum atomic E-state index is 6.00. The van der Waals surface area contributed by atoms with Crippen molar-refractivity contribution in [3.8, 4) is 0 Å². The summed E-state index contributed by atoms with van der Waals surface area (Å²) < 4.78 is 0. The summed E-state index contributed by atoms with van der Waals surface area (Å²) in [7, 11) is 0. The number of alkyl halides is 1. The smallest absolute Gasteiger partial charge is 0.0336 e. The number of hydrogen-bond acceptors (Lipinski definition) is 1. The van der Waals surface area contributed by atoms with E-state index in [9.17, 15) is 0 Å². The van der Waals surface area contributed by atoms with E-state index in [4.69, 9.17) is 11.6 Å². The molecule has 11 heavy (non-hydrogen) atoms. The van der Waals surface area contributed by atoms with Crippen LogP contribution in [0.3, 0.4) is 0 Å². The van der Waals surface area contributed by atoms with Gasteiger partial charge in [-0.05, 0) is 44.7 Å². The average molecular weight is 176 g/mol. The van der Waals surface area contributed by atoms with Gasteiger partial charge in [-0.3, -0.25) is 0 Å². The lowest BCUT2D eigenvalue weighted by Gasteiger charge is -2.24. The van der Waals surface area contributed by atoms with Gasteiger partial charge in [0.25, 0.3) is 0 Å². The SMILES string of the molecule is CCNCC1CCC(Cl)CC1. The van der Waals surface area contributed by atoms with Gasteiger partial charge in [-0.2, -0.15) is 0 Å². The third kappa shape index (κ3) is 3.44. The van der Waals surface area contributed by atoms with Crippen molar-refractivity contribution in [3.05, 3.63) is 0 Å². The molecule has 1 aliphatic rings. The molecule has 66 valence electrons. The first-order chi connectivity index (χ1) is 5.33. The van der Waals surface area contributed by atoms with Gasteiger partial charge in [0.05, 0.1) is 0 Å². The van der Waals surface area contributed by atoms with Crippen LogP contribution in [0, 0.1) is 5.92 Å². The summed E-state index contributed by atoms with van der Waals surface area (Å²) in [5.41, 5.74) is 0. The summed E-state index contributed by atoms with van der Waals surface area (Å²) in [6.07, 6.45) is 5.08. The number of rotatable bonds is 3. The molecule has 0 spiro atoms. The van der Waals surface area contributed by atoms with E-state index in [1.54, 1.807) is 0 Å². The van der Waals surface area contributed by atoms with Crippen molar-refractivity contribution in [2.24, 2.45) is 5.92 Å². The number of halogens is 1. The molecule has 0 aromatic carbocycles. The monoisotopic (exact) mass is 175 g/mol. The van der Waals surface area contributed by atoms with Gasteiger partial charge in [-0.15, -0.1) is 11.6 Å². The molecule has 1 saturated carbocycles. The minimum Gasteiger partial charge on any atom is -0.317 e. The largest absolute Gasteiger partial charge is 0.317 e. The van der Waals surface area contributed by atoms with Crippen LogP contribution in [0.1, 0.15) is 32.6 Å². The predicted molar refractivity (Wildman–Crippen MR) is 50.1 cm³/mol. The van der Waals surface area contributed by atoms with Gasteiger partial charge in [0.1, 0.15) is 0 Å². The first-order valence-electron chi connectivity index (χ1n) is 4.67. The van der Waals surface area contributed by atoms with Crippen LogP contribution < -0.4 is 5.32 Å². The van der Waals surface area contributed by atoms with Crippen molar-refractivity contribution in [2.45, 2.75) is 38.0 Å². The zero-order valence-corrected chi connectivity index (χ0v) is 8.03. The van der Waals surface area contributed by atoms with Crippen LogP contribution in [-0.4, -0.2) is 18.5 Å². The molecule has 1 N–H and O–H groups in total. The summed E-state index contributed by atoms with van der Waals surface area (Å²) >= 11 is 6.00. The third-order valence-corrected chi connectivity index (χ3v) is 2.90. The van der Waals surface area contributed by atoms with Crippen LogP contribution in [0.5, 0.6) is 0 Å². The highest BCUT2D eigenvalue weighted by molar-refractivity contribution is 6.20. The molecule has 0 aromatic heterocycles. The van der Waals surface area contributed by atoms with E-state index in [0.717, 1.165) is 12.5 Å². The lowest BCUT2D eigenvalue weighted by Crippen LogP contribution is -2.26. The van der Waals surface area contributed by atoms with Crippen LogP contribution in [-0.2, 0) is 0 Å². The van der Waals surface area contributed by atoms with Gasteiger partial charge in [-0.1, -0.05) is 6.92 Å². The van der Waals surface area contributed by atoms with E-state index in [2.05, 4.69) is 12.2 Å². The summed E-state index contributed by atoms with van der Waals surface area (Å²) in [5, 5.41) is 3.86. The lowest BCUT2D eigenvalue weighted by molar-refractivity contribution is 0.348. The first kappa shape index (κ1) is 9.34.